The van der Waals surface area contributed by atoms with Gasteiger partial charge in [0, 0.05) is 25.7 Å². The van der Waals surface area contributed by atoms with Gasteiger partial charge in [0.1, 0.15) is 12.1 Å². The Morgan fingerprint density at radius 2 is 2.14 bits per heavy atom. The van der Waals surface area contributed by atoms with Gasteiger partial charge in [-0.05, 0) is 47.0 Å². The number of benzene rings is 1. The number of para-hydroxylation sites is 1. The minimum absolute atomic E-state index is 0.131. The summed E-state index contributed by atoms with van der Waals surface area (Å²) in [6, 6.07) is 9.54. The van der Waals surface area contributed by atoms with Gasteiger partial charge >= 0.3 is 0 Å². The van der Waals surface area contributed by atoms with Gasteiger partial charge in [-0.15, -0.1) is 5.10 Å². The van der Waals surface area contributed by atoms with Crippen LogP contribution in [0.15, 0.2) is 53.4 Å². The van der Waals surface area contributed by atoms with Crippen LogP contribution in [0.2, 0.25) is 0 Å². The Morgan fingerprint density at radius 3 is 2.83 bits per heavy atom. The molecule has 0 N–H and O–H groups in total. The van der Waals surface area contributed by atoms with E-state index in [9.17, 15) is 9.18 Å². The van der Waals surface area contributed by atoms with Crippen molar-refractivity contribution in [1.29, 1.82) is 0 Å². The van der Waals surface area contributed by atoms with E-state index < -0.39 is 5.82 Å². The van der Waals surface area contributed by atoms with Crippen molar-refractivity contribution >= 4 is 11.6 Å². The molecule has 0 bridgehead atoms. The number of nitrogens with zero attached hydrogens (tertiary/aromatic N) is 6. The molecule has 2 unspecified atom stereocenters. The van der Waals surface area contributed by atoms with Crippen molar-refractivity contribution in [2.75, 3.05) is 24.5 Å². The number of carbonyl (C=O) groups excluding carboxylic acids is 1. The first-order valence-electron chi connectivity index (χ1n) is 9.68. The van der Waals surface area contributed by atoms with Crippen molar-refractivity contribution in [3.8, 4) is 0 Å². The zero-order valence-corrected chi connectivity index (χ0v) is 16.2. The fraction of sp³-hybridized carbons (Fsp3) is 0.400. The molecule has 1 aliphatic rings. The van der Waals surface area contributed by atoms with E-state index in [2.05, 4.69) is 27.3 Å². The Hall–Kier alpha value is -3.07. The van der Waals surface area contributed by atoms with Gasteiger partial charge in [-0.2, -0.15) is 0 Å². The third-order valence-electron chi connectivity index (χ3n) is 5.38. The number of carbonyl (C=O) groups is 1. The highest BCUT2D eigenvalue weighted by atomic mass is 19.1. The van der Waals surface area contributed by atoms with E-state index in [0.29, 0.717) is 6.54 Å². The van der Waals surface area contributed by atoms with Crippen LogP contribution in [-0.2, 0) is 6.54 Å². The lowest BCUT2D eigenvalue weighted by atomic mass is 9.91. The van der Waals surface area contributed by atoms with Gasteiger partial charge in [-0.1, -0.05) is 19.1 Å². The van der Waals surface area contributed by atoms with Crippen LogP contribution >= 0.6 is 0 Å². The van der Waals surface area contributed by atoms with Crippen LogP contribution in [0.4, 0.5) is 10.1 Å². The Labute approximate surface area is 167 Å². The molecule has 152 valence electrons. The molecule has 4 rings (SSSR count). The predicted molar refractivity (Wildman–Crippen MR) is 104 cm³/mol. The van der Waals surface area contributed by atoms with E-state index in [1.165, 1.54) is 12.3 Å². The van der Waals surface area contributed by atoms with Gasteiger partial charge in [-0.25, -0.2) is 9.07 Å². The predicted octanol–water partition coefficient (Wildman–Crippen LogP) is 2.46. The Kier molecular flexibility index (Phi) is 5.66. The van der Waals surface area contributed by atoms with Gasteiger partial charge in [0.2, 0.25) is 0 Å². The SMILES string of the molecule is CC1CN(CCn2cnnn2)CCC1N(C(=O)c1ccco1)c1ccccc1F. The third-order valence-corrected chi connectivity index (χ3v) is 5.38. The lowest BCUT2D eigenvalue weighted by molar-refractivity contribution is 0.0901. The zero-order valence-electron chi connectivity index (χ0n) is 16.2. The second-order valence-corrected chi connectivity index (χ2v) is 7.31. The first kappa shape index (κ1) is 19.3. The van der Waals surface area contributed by atoms with Crippen molar-refractivity contribution in [3.05, 3.63) is 60.6 Å². The van der Waals surface area contributed by atoms with Gasteiger partial charge in [0.25, 0.3) is 5.91 Å². The summed E-state index contributed by atoms with van der Waals surface area (Å²) in [6.45, 7) is 5.20. The Bertz CT molecular complexity index is 930. The molecule has 0 spiro atoms. The molecule has 1 aromatic carbocycles. The highest BCUT2D eigenvalue weighted by Gasteiger charge is 2.36. The van der Waals surface area contributed by atoms with E-state index in [-0.39, 0.29) is 29.3 Å². The summed E-state index contributed by atoms with van der Waals surface area (Å²) in [5, 5.41) is 11.2. The molecule has 1 amide bonds. The molecule has 1 saturated heterocycles. The first-order valence-corrected chi connectivity index (χ1v) is 9.68. The van der Waals surface area contributed by atoms with E-state index in [0.717, 1.165) is 26.1 Å². The van der Waals surface area contributed by atoms with Crippen molar-refractivity contribution in [3.63, 3.8) is 0 Å². The summed E-state index contributed by atoms with van der Waals surface area (Å²) in [5.41, 5.74) is 0.285. The Morgan fingerprint density at radius 1 is 1.28 bits per heavy atom. The van der Waals surface area contributed by atoms with Crippen molar-refractivity contribution < 1.29 is 13.6 Å². The topological polar surface area (TPSA) is 80.3 Å². The molecule has 2 aromatic heterocycles. The second kappa shape index (κ2) is 8.52. The number of furan rings is 1. The quantitative estimate of drug-likeness (QED) is 0.635. The summed E-state index contributed by atoms with van der Waals surface area (Å²) in [5.74, 6) is -0.377. The molecule has 1 aliphatic heterocycles. The zero-order chi connectivity index (χ0) is 20.2. The maximum absolute atomic E-state index is 14.6. The van der Waals surface area contributed by atoms with Crippen LogP contribution in [0.3, 0.4) is 0 Å². The fourth-order valence-electron chi connectivity index (χ4n) is 3.94. The van der Waals surface area contributed by atoms with Crippen molar-refractivity contribution in [2.45, 2.75) is 25.9 Å². The molecule has 0 saturated carbocycles. The summed E-state index contributed by atoms with van der Waals surface area (Å²) in [7, 11) is 0. The average Bonchev–Trinajstić information content (AvgIpc) is 3.43. The van der Waals surface area contributed by atoms with E-state index in [1.807, 2.05) is 0 Å². The van der Waals surface area contributed by atoms with Crippen LogP contribution < -0.4 is 4.90 Å². The highest BCUT2D eigenvalue weighted by molar-refractivity contribution is 6.04. The molecule has 29 heavy (non-hydrogen) atoms. The number of likely N-dealkylation sites (tertiary alicyclic amines) is 1. The number of anilines is 1. The molecule has 3 heterocycles. The summed E-state index contributed by atoms with van der Waals surface area (Å²) >= 11 is 0. The summed E-state index contributed by atoms with van der Waals surface area (Å²) in [6.07, 6.45) is 3.79. The third kappa shape index (κ3) is 4.19. The second-order valence-electron chi connectivity index (χ2n) is 7.31. The number of halogens is 1. The fourth-order valence-corrected chi connectivity index (χ4v) is 3.94. The highest BCUT2D eigenvalue weighted by Crippen LogP contribution is 2.30. The number of piperidine rings is 1. The average molecular weight is 398 g/mol. The molecule has 9 heteroatoms. The normalized spacial score (nSPS) is 19.9. The van der Waals surface area contributed by atoms with Crippen LogP contribution in [0, 0.1) is 11.7 Å². The van der Waals surface area contributed by atoms with Crippen LogP contribution in [0.1, 0.15) is 23.9 Å². The molecular weight excluding hydrogens is 375 g/mol. The van der Waals surface area contributed by atoms with Gasteiger partial charge < -0.3 is 9.32 Å². The molecule has 1 fully saturated rings. The smallest absolute Gasteiger partial charge is 0.294 e. The number of hydrogen-bond donors (Lipinski definition) is 0. The lowest BCUT2D eigenvalue weighted by Crippen LogP contribution is -2.53. The van der Waals surface area contributed by atoms with Gasteiger partial charge in [-0.3, -0.25) is 9.69 Å². The summed E-state index contributed by atoms with van der Waals surface area (Å²) in [4.78, 5) is 17.1. The van der Waals surface area contributed by atoms with Crippen LogP contribution in [0.5, 0.6) is 0 Å². The molecule has 0 radical (unpaired) electrons. The first-order chi connectivity index (χ1) is 14.1. The Balaban J connectivity index is 1.52. The van der Waals surface area contributed by atoms with Crippen LogP contribution in [-0.4, -0.2) is 56.7 Å². The number of hydrogen-bond acceptors (Lipinski definition) is 6. The summed E-state index contributed by atoms with van der Waals surface area (Å²) < 4.78 is 21.6. The molecule has 3 aromatic rings. The van der Waals surface area contributed by atoms with Gasteiger partial charge in [0.15, 0.2) is 5.76 Å². The number of rotatable bonds is 6. The number of tetrazole rings is 1. The van der Waals surface area contributed by atoms with Crippen molar-refractivity contribution in [1.82, 2.24) is 25.1 Å². The maximum atomic E-state index is 14.6. The monoisotopic (exact) mass is 398 g/mol. The maximum Gasteiger partial charge on any atom is 0.294 e. The standard InChI is InChI=1S/C20H23FN6O2/c1-15-13-25(10-11-26-14-22-23-24-26)9-8-17(15)27(18-6-3-2-5-16(18)21)20(28)19-7-4-12-29-19/h2-7,12,14-15,17H,8-11,13H2,1H3. The van der Waals surface area contributed by atoms with Crippen molar-refractivity contribution in [2.24, 2.45) is 5.92 Å². The van der Waals surface area contributed by atoms with Gasteiger partial charge in [0.05, 0.1) is 18.5 Å². The molecule has 0 aliphatic carbocycles. The largest absolute Gasteiger partial charge is 0.459 e. The number of aromatic nitrogens is 4. The number of amides is 1. The van der Waals surface area contributed by atoms with E-state index >= 15 is 0 Å². The van der Waals surface area contributed by atoms with E-state index in [4.69, 9.17) is 4.42 Å². The minimum atomic E-state index is -0.416. The van der Waals surface area contributed by atoms with Crippen LogP contribution in [0.25, 0.3) is 0 Å². The molecule has 2 atom stereocenters. The molecule has 8 nitrogen and oxygen atoms in total. The lowest BCUT2D eigenvalue weighted by Gasteiger charge is -2.42. The minimum Gasteiger partial charge on any atom is -0.459 e. The van der Waals surface area contributed by atoms with E-state index in [1.54, 1.807) is 46.2 Å². The molecular formula is C20H23FN6O2.